The first-order valence-electron chi connectivity index (χ1n) is 8.74. The van der Waals surface area contributed by atoms with Gasteiger partial charge in [-0.05, 0) is 37.6 Å². The number of thiophene rings is 1. The van der Waals surface area contributed by atoms with Crippen molar-refractivity contribution in [2.45, 2.75) is 26.8 Å². The van der Waals surface area contributed by atoms with E-state index in [-0.39, 0.29) is 36.9 Å². The Balaban J connectivity index is 1.45. The summed E-state index contributed by atoms with van der Waals surface area (Å²) in [4.78, 5) is 42.5. The molecular weight excluding hydrogens is 380 g/mol. The van der Waals surface area contributed by atoms with Crippen LogP contribution in [0.3, 0.4) is 0 Å². The van der Waals surface area contributed by atoms with Crippen LogP contribution in [0.15, 0.2) is 29.3 Å². The number of aryl methyl sites for hydroxylation is 3. The van der Waals surface area contributed by atoms with Crippen LogP contribution in [0.25, 0.3) is 10.2 Å². The van der Waals surface area contributed by atoms with E-state index in [0.29, 0.717) is 22.5 Å². The molecule has 0 spiro atoms. The Bertz CT molecular complexity index is 1160. The topological polar surface area (TPSA) is 102 Å². The standard InChI is InChI=1S/C19H18N4O4S/c1-10-11(2)28-18-17(10)19(26)23(9-20-18)6-5-15(24)21-12-3-4-14-13(7-12)22-16(25)8-27-14/h3-4,7,9H,5-6,8H2,1-2H3,(H,21,24)(H,22,25). The number of carbonyl (C=O) groups is 2. The number of hydrogen-bond acceptors (Lipinski definition) is 6. The summed E-state index contributed by atoms with van der Waals surface area (Å²) >= 11 is 1.50. The molecule has 2 amide bonds. The maximum absolute atomic E-state index is 12.7. The molecule has 1 aliphatic rings. The van der Waals surface area contributed by atoms with Crippen molar-refractivity contribution in [3.05, 3.63) is 45.3 Å². The van der Waals surface area contributed by atoms with Crippen LogP contribution in [0.2, 0.25) is 0 Å². The van der Waals surface area contributed by atoms with Gasteiger partial charge in [0.15, 0.2) is 6.61 Å². The van der Waals surface area contributed by atoms with E-state index in [0.717, 1.165) is 15.3 Å². The molecule has 0 saturated carbocycles. The summed E-state index contributed by atoms with van der Waals surface area (Å²) in [6.07, 6.45) is 1.61. The molecule has 0 fully saturated rings. The van der Waals surface area contributed by atoms with Gasteiger partial charge in [-0.15, -0.1) is 11.3 Å². The molecule has 0 radical (unpaired) electrons. The number of benzene rings is 1. The van der Waals surface area contributed by atoms with E-state index in [2.05, 4.69) is 15.6 Å². The summed E-state index contributed by atoms with van der Waals surface area (Å²) in [5.74, 6) is 0.0791. The zero-order valence-electron chi connectivity index (χ0n) is 15.4. The highest BCUT2D eigenvalue weighted by Crippen LogP contribution is 2.30. The molecule has 28 heavy (non-hydrogen) atoms. The molecule has 3 aromatic rings. The molecular formula is C19H18N4O4S. The Morgan fingerprint density at radius 3 is 3.00 bits per heavy atom. The molecule has 2 aromatic heterocycles. The van der Waals surface area contributed by atoms with Gasteiger partial charge in [-0.1, -0.05) is 0 Å². The van der Waals surface area contributed by atoms with Crippen LogP contribution in [0, 0.1) is 13.8 Å². The second-order valence-corrected chi connectivity index (χ2v) is 7.76. The number of anilines is 2. The van der Waals surface area contributed by atoms with Gasteiger partial charge in [0.1, 0.15) is 10.6 Å². The van der Waals surface area contributed by atoms with Crippen LogP contribution >= 0.6 is 11.3 Å². The lowest BCUT2D eigenvalue weighted by Gasteiger charge is -2.18. The quantitative estimate of drug-likeness (QED) is 0.703. The van der Waals surface area contributed by atoms with Gasteiger partial charge in [-0.25, -0.2) is 4.98 Å². The third-order valence-electron chi connectivity index (χ3n) is 4.63. The van der Waals surface area contributed by atoms with Crippen molar-refractivity contribution >= 4 is 44.7 Å². The van der Waals surface area contributed by atoms with Crippen LogP contribution in [-0.4, -0.2) is 28.0 Å². The minimum absolute atomic E-state index is 0.0189. The summed E-state index contributed by atoms with van der Waals surface area (Å²) in [7, 11) is 0. The summed E-state index contributed by atoms with van der Waals surface area (Å²) < 4.78 is 6.75. The van der Waals surface area contributed by atoms with Gasteiger partial charge < -0.3 is 15.4 Å². The Morgan fingerprint density at radius 2 is 2.18 bits per heavy atom. The first-order chi connectivity index (χ1) is 13.4. The van der Waals surface area contributed by atoms with E-state index in [9.17, 15) is 14.4 Å². The largest absolute Gasteiger partial charge is 0.482 e. The minimum atomic E-state index is -0.242. The minimum Gasteiger partial charge on any atom is -0.482 e. The van der Waals surface area contributed by atoms with Crippen LogP contribution in [0.5, 0.6) is 5.75 Å². The molecule has 3 heterocycles. The number of amides is 2. The van der Waals surface area contributed by atoms with Crippen LogP contribution in [0.4, 0.5) is 11.4 Å². The van der Waals surface area contributed by atoms with Crippen molar-refractivity contribution in [3.63, 3.8) is 0 Å². The zero-order chi connectivity index (χ0) is 19.8. The average Bonchev–Trinajstić information content (AvgIpc) is 2.95. The number of nitrogens with one attached hydrogen (secondary N) is 2. The molecule has 0 saturated heterocycles. The fraction of sp³-hybridized carbons (Fsp3) is 0.263. The Labute approximate surface area is 164 Å². The van der Waals surface area contributed by atoms with Crippen LogP contribution < -0.4 is 20.9 Å². The Kier molecular flexibility index (Phi) is 4.60. The van der Waals surface area contributed by atoms with Crippen LogP contribution in [-0.2, 0) is 16.1 Å². The monoisotopic (exact) mass is 398 g/mol. The predicted molar refractivity (Wildman–Crippen MR) is 107 cm³/mol. The molecule has 2 N–H and O–H groups in total. The van der Waals surface area contributed by atoms with E-state index in [4.69, 9.17) is 4.74 Å². The molecule has 0 aliphatic carbocycles. The molecule has 0 bridgehead atoms. The molecule has 0 atom stereocenters. The van der Waals surface area contributed by atoms with Crippen molar-refractivity contribution in [2.24, 2.45) is 0 Å². The highest BCUT2D eigenvalue weighted by atomic mass is 32.1. The molecule has 8 nitrogen and oxygen atoms in total. The zero-order valence-corrected chi connectivity index (χ0v) is 16.2. The number of hydrogen-bond donors (Lipinski definition) is 2. The van der Waals surface area contributed by atoms with E-state index < -0.39 is 0 Å². The fourth-order valence-corrected chi connectivity index (χ4v) is 4.02. The lowest BCUT2D eigenvalue weighted by Crippen LogP contribution is -2.25. The average molecular weight is 398 g/mol. The number of nitrogens with zero attached hydrogens (tertiary/aromatic N) is 2. The molecule has 1 aromatic carbocycles. The van der Waals surface area contributed by atoms with Gasteiger partial charge in [0, 0.05) is 23.5 Å². The fourth-order valence-electron chi connectivity index (χ4n) is 3.04. The molecule has 1 aliphatic heterocycles. The van der Waals surface area contributed by atoms with Crippen molar-refractivity contribution in [1.82, 2.24) is 9.55 Å². The number of carbonyl (C=O) groups excluding carboxylic acids is 2. The van der Waals surface area contributed by atoms with E-state index in [1.807, 2.05) is 13.8 Å². The smallest absolute Gasteiger partial charge is 0.262 e. The van der Waals surface area contributed by atoms with Gasteiger partial charge in [0.2, 0.25) is 5.91 Å². The van der Waals surface area contributed by atoms with E-state index in [1.54, 1.807) is 18.2 Å². The predicted octanol–water partition coefficient (Wildman–Crippen LogP) is 2.43. The van der Waals surface area contributed by atoms with Gasteiger partial charge >= 0.3 is 0 Å². The van der Waals surface area contributed by atoms with Crippen LogP contribution in [0.1, 0.15) is 16.9 Å². The van der Waals surface area contributed by atoms with Gasteiger partial charge in [0.25, 0.3) is 11.5 Å². The van der Waals surface area contributed by atoms with Gasteiger partial charge in [-0.3, -0.25) is 19.0 Å². The maximum Gasteiger partial charge on any atom is 0.262 e. The third kappa shape index (κ3) is 3.36. The summed E-state index contributed by atoms with van der Waals surface area (Å²) in [6.45, 7) is 4.08. The lowest BCUT2D eigenvalue weighted by atomic mass is 10.2. The second kappa shape index (κ2) is 7.08. The van der Waals surface area contributed by atoms with Crippen molar-refractivity contribution in [2.75, 3.05) is 17.2 Å². The molecule has 9 heteroatoms. The number of rotatable bonds is 4. The number of fused-ring (bicyclic) bond motifs is 2. The SMILES string of the molecule is Cc1sc2ncn(CCC(=O)Nc3ccc4c(c3)NC(=O)CO4)c(=O)c2c1C. The first kappa shape index (κ1) is 18.2. The van der Waals surface area contributed by atoms with Crippen molar-refractivity contribution in [3.8, 4) is 5.75 Å². The first-order valence-corrected chi connectivity index (χ1v) is 9.55. The van der Waals surface area contributed by atoms with Crippen molar-refractivity contribution < 1.29 is 14.3 Å². The number of aromatic nitrogens is 2. The highest BCUT2D eigenvalue weighted by molar-refractivity contribution is 7.18. The lowest BCUT2D eigenvalue weighted by molar-refractivity contribution is -0.118. The Hall–Kier alpha value is -3.20. The summed E-state index contributed by atoms with van der Waals surface area (Å²) in [6, 6.07) is 5.03. The van der Waals surface area contributed by atoms with Crippen molar-refractivity contribution in [1.29, 1.82) is 0 Å². The van der Waals surface area contributed by atoms with Gasteiger partial charge in [0.05, 0.1) is 17.4 Å². The normalized spacial score (nSPS) is 13.0. The molecule has 144 valence electrons. The van der Waals surface area contributed by atoms with E-state index in [1.165, 1.54) is 22.2 Å². The highest BCUT2D eigenvalue weighted by Gasteiger charge is 2.17. The maximum atomic E-state index is 12.7. The summed E-state index contributed by atoms with van der Waals surface area (Å²) in [5.41, 5.74) is 1.87. The summed E-state index contributed by atoms with van der Waals surface area (Å²) in [5, 5.41) is 6.09. The number of ether oxygens (including phenoxy) is 1. The van der Waals surface area contributed by atoms with Gasteiger partial charge in [-0.2, -0.15) is 0 Å². The second-order valence-electron chi connectivity index (χ2n) is 6.55. The third-order valence-corrected chi connectivity index (χ3v) is 5.75. The van der Waals surface area contributed by atoms with E-state index >= 15 is 0 Å². The Morgan fingerprint density at radius 1 is 1.36 bits per heavy atom. The molecule has 4 rings (SSSR count). The molecule has 0 unspecified atom stereocenters.